The van der Waals surface area contributed by atoms with E-state index in [1.54, 1.807) is 0 Å². The van der Waals surface area contributed by atoms with Crippen molar-refractivity contribution >= 4 is 11.6 Å². The zero-order valence-electron chi connectivity index (χ0n) is 9.96. The van der Waals surface area contributed by atoms with Gasteiger partial charge in [-0.3, -0.25) is 0 Å². The Morgan fingerprint density at radius 3 is 2.56 bits per heavy atom. The second-order valence-corrected chi connectivity index (χ2v) is 5.70. The summed E-state index contributed by atoms with van der Waals surface area (Å²) in [6.07, 6.45) is 3.83. The highest BCUT2D eigenvalue weighted by Crippen LogP contribution is 2.44. The molecule has 1 aromatic rings. The van der Waals surface area contributed by atoms with Crippen LogP contribution in [0.5, 0.6) is 0 Å². The van der Waals surface area contributed by atoms with Gasteiger partial charge in [0.25, 0.3) is 0 Å². The fourth-order valence-electron chi connectivity index (χ4n) is 2.31. The summed E-state index contributed by atoms with van der Waals surface area (Å²) in [7, 11) is 0. The molecular weight excluding hydrogens is 220 g/mol. The summed E-state index contributed by atoms with van der Waals surface area (Å²) in [5.41, 5.74) is 1.55. The second kappa shape index (κ2) is 4.38. The van der Waals surface area contributed by atoms with Crippen LogP contribution in [0, 0.1) is 5.92 Å². The lowest BCUT2D eigenvalue weighted by atomic mass is 9.74. The Kier molecular flexibility index (Phi) is 3.27. The number of hydrogen-bond donors (Lipinski definition) is 1. The van der Waals surface area contributed by atoms with Gasteiger partial charge in [0.2, 0.25) is 0 Å². The van der Waals surface area contributed by atoms with Crippen LogP contribution in [0.25, 0.3) is 0 Å². The minimum atomic E-state index is -0.649. The molecule has 16 heavy (non-hydrogen) atoms. The van der Waals surface area contributed by atoms with Crippen LogP contribution in [-0.4, -0.2) is 5.11 Å². The van der Waals surface area contributed by atoms with Gasteiger partial charge in [-0.2, -0.15) is 0 Å². The Bertz CT molecular complexity index is 380. The molecule has 0 unspecified atom stereocenters. The number of hydrogen-bond acceptors (Lipinski definition) is 1. The number of aliphatic hydroxyl groups is 1. The maximum Gasteiger partial charge on any atom is 0.0911 e. The molecule has 0 atom stereocenters. The zero-order valence-corrected chi connectivity index (χ0v) is 10.7. The Balaban J connectivity index is 2.29. The molecular formula is C14H19ClO. The summed E-state index contributed by atoms with van der Waals surface area (Å²) in [6, 6.07) is 6.07. The van der Waals surface area contributed by atoms with E-state index in [-0.39, 0.29) is 0 Å². The molecule has 0 amide bonds. The number of rotatable bonds is 3. The summed E-state index contributed by atoms with van der Waals surface area (Å²) in [5, 5.41) is 11.0. The first-order valence-corrected chi connectivity index (χ1v) is 6.40. The van der Waals surface area contributed by atoms with Gasteiger partial charge in [0.15, 0.2) is 0 Å². The van der Waals surface area contributed by atoms with E-state index in [2.05, 4.69) is 26.0 Å². The summed E-state index contributed by atoms with van der Waals surface area (Å²) < 4.78 is 0. The average molecular weight is 239 g/mol. The summed E-state index contributed by atoms with van der Waals surface area (Å²) in [6.45, 7) is 4.40. The average Bonchev–Trinajstić information content (AvgIpc) is 2.17. The van der Waals surface area contributed by atoms with Gasteiger partial charge in [0.05, 0.1) is 5.60 Å². The van der Waals surface area contributed by atoms with E-state index in [1.807, 2.05) is 6.07 Å². The summed E-state index contributed by atoms with van der Waals surface area (Å²) in [5.74, 6) is 0.630. The molecule has 0 heterocycles. The smallest absolute Gasteiger partial charge is 0.0911 e. The monoisotopic (exact) mass is 238 g/mol. The van der Waals surface area contributed by atoms with Crippen molar-refractivity contribution in [2.45, 2.75) is 45.1 Å². The standard InChI is InChI=1S/C14H19ClO/c1-10(2)8-11-4-5-13(15)12(9-11)14(16)6-3-7-14/h4-5,9-10,16H,3,6-8H2,1-2H3. The predicted octanol–water partition coefficient (Wildman–Crippen LogP) is 3.91. The van der Waals surface area contributed by atoms with Gasteiger partial charge in [-0.15, -0.1) is 0 Å². The molecule has 0 spiro atoms. The van der Waals surface area contributed by atoms with Crippen LogP contribution >= 0.6 is 11.6 Å². The van der Waals surface area contributed by atoms with Crippen molar-refractivity contribution in [3.63, 3.8) is 0 Å². The third kappa shape index (κ3) is 2.26. The predicted molar refractivity (Wildman–Crippen MR) is 67.7 cm³/mol. The van der Waals surface area contributed by atoms with Gasteiger partial charge < -0.3 is 5.11 Å². The summed E-state index contributed by atoms with van der Waals surface area (Å²) >= 11 is 6.17. The Morgan fingerprint density at radius 2 is 2.06 bits per heavy atom. The van der Waals surface area contributed by atoms with Gasteiger partial charge in [-0.25, -0.2) is 0 Å². The van der Waals surface area contributed by atoms with Gasteiger partial charge in [0.1, 0.15) is 0 Å². The molecule has 2 heteroatoms. The van der Waals surface area contributed by atoms with Crippen LogP contribution in [0.4, 0.5) is 0 Å². The number of benzene rings is 1. The third-order valence-corrected chi connectivity index (χ3v) is 3.69. The molecule has 1 aromatic carbocycles. The lowest BCUT2D eigenvalue weighted by molar-refractivity contribution is -0.0387. The fourth-order valence-corrected chi connectivity index (χ4v) is 2.60. The Hall–Kier alpha value is -0.530. The molecule has 1 saturated carbocycles. The molecule has 0 aliphatic heterocycles. The van der Waals surface area contributed by atoms with Crippen LogP contribution in [0.3, 0.4) is 0 Å². The SMILES string of the molecule is CC(C)Cc1ccc(Cl)c(C2(O)CCC2)c1. The summed E-state index contributed by atoms with van der Waals surface area (Å²) in [4.78, 5) is 0. The normalized spacial score (nSPS) is 18.6. The van der Waals surface area contributed by atoms with Crippen molar-refractivity contribution in [2.24, 2.45) is 5.92 Å². The largest absolute Gasteiger partial charge is 0.385 e. The first kappa shape index (κ1) is 11.9. The lowest BCUT2D eigenvalue weighted by Crippen LogP contribution is -2.34. The molecule has 1 aliphatic carbocycles. The van der Waals surface area contributed by atoms with Crippen LogP contribution in [-0.2, 0) is 12.0 Å². The van der Waals surface area contributed by atoms with Crippen LogP contribution in [0.2, 0.25) is 5.02 Å². The molecule has 0 bridgehead atoms. The van der Waals surface area contributed by atoms with Crippen molar-refractivity contribution in [3.8, 4) is 0 Å². The van der Waals surface area contributed by atoms with Crippen molar-refractivity contribution in [3.05, 3.63) is 34.3 Å². The van der Waals surface area contributed by atoms with Crippen molar-refractivity contribution in [1.82, 2.24) is 0 Å². The molecule has 88 valence electrons. The van der Waals surface area contributed by atoms with E-state index in [1.165, 1.54) is 5.56 Å². The fraction of sp³-hybridized carbons (Fsp3) is 0.571. The molecule has 0 radical (unpaired) electrons. The molecule has 1 fully saturated rings. The topological polar surface area (TPSA) is 20.2 Å². The minimum Gasteiger partial charge on any atom is -0.385 e. The van der Waals surface area contributed by atoms with Crippen LogP contribution in [0.15, 0.2) is 18.2 Å². The molecule has 0 saturated heterocycles. The maximum atomic E-state index is 10.3. The van der Waals surface area contributed by atoms with E-state index >= 15 is 0 Å². The zero-order chi connectivity index (χ0) is 11.8. The Labute approximate surface area is 102 Å². The van der Waals surface area contributed by atoms with Gasteiger partial charge >= 0.3 is 0 Å². The van der Waals surface area contributed by atoms with Gasteiger partial charge in [0, 0.05) is 10.6 Å². The highest BCUT2D eigenvalue weighted by Gasteiger charge is 2.37. The van der Waals surface area contributed by atoms with Crippen molar-refractivity contribution in [2.75, 3.05) is 0 Å². The quantitative estimate of drug-likeness (QED) is 0.847. The van der Waals surface area contributed by atoms with E-state index < -0.39 is 5.60 Å². The lowest BCUT2D eigenvalue weighted by Gasteiger charge is -2.38. The minimum absolute atomic E-state index is 0.630. The molecule has 1 nitrogen and oxygen atoms in total. The van der Waals surface area contributed by atoms with Gasteiger partial charge in [-0.05, 0) is 43.2 Å². The second-order valence-electron chi connectivity index (χ2n) is 5.30. The van der Waals surface area contributed by atoms with E-state index in [9.17, 15) is 5.11 Å². The highest BCUT2D eigenvalue weighted by molar-refractivity contribution is 6.31. The van der Waals surface area contributed by atoms with Crippen LogP contribution < -0.4 is 0 Å². The molecule has 1 aliphatic rings. The molecule has 1 N–H and O–H groups in total. The first-order chi connectivity index (χ1) is 7.51. The van der Waals surface area contributed by atoms with Crippen molar-refractivity contribution in [1.29, 1.82) is 0 Å². The number of halogens is 1. The third-order valence-electron chi connectivity index (χ3n) is 3.36. The van der Waals surface area contributed by atoms with E-state index in [4.69, 9.17) is 11.6 Å². The van der Waals surface area contributed by atoms with Crippen molar-refractivity contribution < 1.29 is 5.11 Å². The van der Waals surface area contributed by atoms with E-state index in [0.717, 1.165) is 31.2 Å². The molecule has 0 aromatic heterocycles. The van der Waals surface area contributed by atoms with Crippen LogP contribution in [0.1, 0.15) is 44.2 Å². The van der Waals surface area contributed by atoms with E-state index in [0.29, 0.717) is 10.9 Å². The maximum absolute atomic E-state index is 10.3. The highest BCUT2D eigenvalue weighted by atomic mass is 35.5. The first-order valence-electron chi connectivity index (χ1n) is 6.02. The molecule has 2 rings (SSSR count). The van der Waals surface area contributed by atoms with Gasteiger partial charge in [-0.1, -0.05) is 37.6 Å². The Morgan fingerprint density at radius 1 is 1.38 bits per heavy atom.